The first kappa shape index (κ1) is 18.9. The average molecular weight is 362 g/mol. The van der Waals surface area contributed by atoms with Crippen molar-refractivity contribution in [2.45, 2.75) is 39.0 Å². The summed E-state index contributed by atoms with van der Waals surface area (Å²) in [5.74, 6) is -0.0212. The molecule has 2 amide bonds. The van der Waals surface area contributed by atoms with E-state index in [1.807, 2.05) is 36.4 Å². The molecule has 4 heteroatoms. The van der Waals surface area contributed by atoms with E-state index in [-0.39, 0.29) is 17.2 Å². The number of carbonyl (C=O) groups excluding carboxylic acids is 2. The fourth-order valence-corrected chi connectivity index (χ4v) is 3.10. The van der Waals surface area contributed by atoms with Crippen molar-refractivity contribution in [3.8, 4) is 0 Å². The quantitative estimate of drug-likeness (QED) is 0.797. The molecule has 1 saturated heterocycles. The lowest BCUT2D eigenvalue weighted by Crippen LogP contribution is -2.23. The molecule has 0 saturated carbocycles. The molecule has 2 aromatic rings. The zero-order chi connectivity index (χ0) is 19.4. The van der Waals surface area contributed by atoms with Crippen molar-refractivity contribution in [3.63, 3.8) is 0 Å². The maximum absolute atomic E-state index is 12.1. The first-order valence-corrected chi connectivity index (χ1v) is 9.33. The molecule has 4 nitrogen and oxygen atoms in total. The van der Waals surface area contributed by atoms with Crippen LogP contribution >= 0.6 is 0 Å². The molecular formula is C23H26N2O2. The Balaban J connectivity index is 1.58. The summed E-state index contributed by atoms with van der Waals surface area (Å²) in [7, 11) is 0. The van der Waals surface area contributed by atoms with Crippen molar-refractivity contribution >= 4 is 29.3 Å². The Bertz CT molecular complexity index is 843. The number of nitrogens with one attached hydrogen (secondary N) is 1. The Labute approximate surface area is 160 Å². The molecule has 1 aliphatic rings. The molecular weight excluding hydrogens is 336 g/mol. The Hall–Kier alpha value is -2.88. The molecule has 0 radical (unpaired) electrons. The maximum Gasteiger partial charge on any atom is 0.248 e. The van der Waals surface area contributed by atoms with E-state index in [0.717, 1.165) is 24.2 Å². The summed E-state index contributed by atoms with van der Waals surface area (Å²) in [6.07, 6.45) is 4.85. The second-order valence-corrected chi connectivity index (χ2v) is 7.89. The zero-order valence-corrected chi connectivity index (χ0v) is 16.2. The molecule has 1 aliphatic heterocycles. The summed E-state index contributed by atoms with van der Waals surface area (Å²) >= 11 is 0. The summed E-state index contributed by atoms with van der Waals surface area (Å²) in [5.41, 5.74) is 3.96. The van der Waals surface area contributed by atoms with E-state index in [9.17, 15) is 9.59 Å². The standard InChI is InChI=1S/C23H26N2O2/c1-23(2,3)18-9-6-17(7-10-18)8-15-21(26)24-19-11-13-20(14-12-19)25-16-4-5-22(25)27/h6-15H,4-5,16H2,1-3H3,(H,24,26)/b15-8+. The predicted octanol–water partition coefficient (Wildman–Crippen LogP) is 4.76. The van der Waals surface area contributed by atoms with Gasteiger partial charge in [-0.3, -0.25) is 9.59 Å². The third-order valence-electron chi connectivity index (χ3n) is 4.72. The minimum atomic E-state index is -0.181. The summed E-state index contributed by atoms with van der Waals surface area (Å²) in [5, 5.41) is 2.85. The van der Waals surface area contributed by atoms with E-state index < -0.39 is 0 Å². The van der Waals surface area contributed by atoms with Crippen molar-refractivity contribution in [2.75, 3.05) is 16.8 Å². The Kier molecular flexibility index (Phi) is 5.45. The number of hydrogen-bond acceptors (Lipinski definition) is 2. The third-order valence-corrected chi connectivity index (χ3v) is 4.72. The van der Waals surface area contributed by atoms with Crippen LogP contribution in [-0.2, 0) is 15.0 Å². The highest BCUT2D eigenvalue weighted by atomic mass is 16.2. The van der Waals surface area contributed by atoms with Crippen LogP contribution in [0.5, 0.6) is 0 Å². The van der Waals surface area contributed by atoms with E-state index in [4.69, 9.17) is 0 Å². The Morgan fingerprint density at radius 1 is 1.04 bits per heavy atom. The SMILES string of the molecule is CC(C)(C)c1ccc(/C=C/C(=O)Nc2ccc(N3CCCC3=O)cc2)cc1. The van der Waals surface area contributed by atoms with Gasteiger partial charge in [-0.25, -0.2) is 0 Å². The lowest BCUT2D eigenvalue weighted by atomic mass is 9.87. The lowest BCUT2D eigenvalue weighted by molar-refractivity contribution is -0.117. The number of rotatable bonds is 4. The van der Waals surface area contributed by atoms with Gasteiger partial charge in [-0.2, -0.15) is 0 Å². The fourth-order valence-electron chi connectivity index (χ4n) is 3.10. The van der Waals surface area contributed by atoms with E-state index in [2.05, 4.69) is 38.2 Å². The molecule has 0 aromatic heterocycles. The number of hydrogen-bond donors (Lipinski definition) is 1. The van der Waals surface area contributed by atoms with Crippen LogP contribution in [0.4, 0.5) is 11.4 Å². The van der Waals surface area contributed by atoms with Crippen LogP contribution in [0.25, 0.3) is 6.08 Å². The van der Waals surface area contributed by atoms with Crippen LogP contribution in [-0.4, -0.2) is 18.4 Å². The van der Waals surface area contributed by atoms with Gasteiger partial charge < -0.3 is 10.2 Å². The highest BCUT2D eigenvalue weighted by Crippen LogP contribution is 2.24. The van der Waals surface area contributed by atoms with Crippen molar-refractivity contribution in [1.29, 1.82) is 0 Å². The van der Waals surface area contributed by atoms with E-state index in [1.165, 1.54) is 11.6 Å². The van der Waals surface area contributed by atoms with Gasteiger partial charge in [0.05, 0.1) is 0 Å². The van der Waals surface area contributed by atoms with Gasteiger partial charge in [0.25, 0.3) is 0 Å². The Morgan fingerprint density at radius 2 is 1.70 bits per heavy atom. The molecule has 1 N–H and O–H groups in total. The molecule has 140 valence electrons. The van der Waals surface area contributed by atoms with Gasteiger partial charge in [-0.1, -0.05) is 45.0 Å². The first-order valence-electron chi connectivity index (χ1n) is 9.33. The van der Waals surface area contributed by atoms with Crippen LogP contribution in [0.15, 0.2) is 54.6 Å². The van der Waals surface area contributed by atoms with Gasteiger partial charge in [0.2, 0.25) is 11.8 Å². The van der Waals surface area contributed by atoms with Crippen LogP contribution in [0, 0.1) is 0 Å². The molecule has 3 rings (SSSR count). The third kappa shape index (κ3) is 4.85. The fraction of sp³-hybridized carbons (Fsp3) is 0.304. The number of amides is 2. The van der Waals surface area contributed by atoms with Gasteiger partial charge in [0, 0.05) is 30.4 Å². The minimum Gasteiger partial charge on any atom is -0.323 e. The molecule has 1 heterocycles. The molecule has 0 unspecified atom stereocenters. The number of anilines is 2. The summed E-state index contributed by atoms with van der Waals surface area (Å²) < 4.78 is 0. The second-order valence-electron chi connectivity index (χ2n) is 7.89. The normalized spacial score (nSPS) is 14.8. The van der Waals surface area contributed by atoms with Crippen LogP contribution in [0.3, 0.4) is 0 Å². The largest absolute Gasteiger partial charge is 0.323 e. The van der Waals surface area contributed by atoms with Crippen molar-refractivity contribution in [2.24, 2.45) is 0 Å². The highest BCUT2D eigenvalue weighted by molar-refractivity contribution is 6.02. The summed E-state index contributed by atoms with van der Waals surface area (Å²) in [4.78, 5) is 25.7. The average Bonchev–Trinajstić information content (AvgIpc) is 3.06. The molecule has 0 aliphatic carbocycles. The van der Waals surface area contributed by atoms with Gasteiger partial charge in [-0.05, 0) is 53.3 Å². The van der Waals surface area contributed by atoms with Crippen molar-refractivity contribution < 1.29 is 9.59 Å². The van der Waals surface area contributed by atoms with Gasteiger partial charge in [-0.15, -0.1) is 0 Å². The van der Waals surface area contributed by atoms with Crippen LogP contribution in [0.2, 0.25) is 0 Å². The number of benzene rings is 2. The molecule has 0 atom stereocenters. The molecule has 27 heavy (non-hydrogen) atoms. The van der Waals surface area contributed by atoms with Gasteiger partial charge in [0.15, 0.2) is 0 Å². The summed E-state index contributed by atoms with van der Waals surface area (Å²) in [6.45, 7) is 7.30. The van der Waals surface area contributed by atoms with Crippen molar-refractivity contribution in [1.82, 2.24) is 0 Å². The molecule has 0 bridgehead atoms. The van der Waals surface area contributed by atoms with Crippen LogP contribution < -0.4 is 10.2 Å². The zero-order valence-electron chi connectivity index (χ0n) is 16.2. The number of carbonyl (C=O) groups is 2. The van der Waals surface area contributed by atoms with E-state index in [0.29, 0.717) is 12.1 Å². The molecule has 1 fully saturated rings. The van der Waals surface area contributed by atoms with Gasteiger partial charge in [0.1, 0.15) is 0 Å². The molecule has 2 aromatic carbocycles. The highest BCUT2D eigenvalue weighted by Gasteiger charge is 2.21. The minimum absolute atomic E-state index is 0.117. The van der Waals surface area contributed by atoms with Gasteiger partial charge >= 0.3 is 0 Å². The predicted molar refractivity (Wildman–Crippen MR) is 111 cm³/mol. The monoisotopic (exact) mass is 362 g/mol. The van der Waals surface area contributed by atoms with Crippen molar-refractivity contribution in [3.05, 3.63) is 65.7 Å². The maximum atomic E-state index is 12.1. The van der Waals surface area contributed by atoms with E-state index in [1.54, 1.807) is 11.0 Å². The lowest BCUT2D eigenvalue weighted by Gasteiger charge is -2.18. The summed E-state index contributed by atoms with van der Waals surface area (Å²) in [6, 6.07) is 15.6. The number of nitrogens with zero attached hydrogens (tertiary/aromatic N) is 1. The van der Waals surface area contributed by atoms with Crippen LogP contribution in [0.1, 0.15) is 44.7 Å². The Morgan fingerprint density at radius 3 is 2.26 bits per heavy atom. The second kappa shape index (κ2) is 7.78. The first-order chi connectivity index (χ1) is 12.8. The molecule has 0 spiro atoms. The smallest absolute Gasteiger partial charge is 0.248 e. The topological polar surface area (TPSA) is 49.4 Å². The van der Waals surface area contributed by atoms with E-state index >= 15 is 0 Å².